The fraction of sp³-hybridized carbons (Fsp3) is 0. The van der Waals surface area contributed by atoms with Crippen molar-refractivity contribution in [3.8, 4) is 0 Å². The fourth-order valence-electron chi connectivity index (χ4n) is 0.507. The van der Waals surface area contributed by atoms with Gasteiger partial charge in [0.15, 0.2) is 0 Å². The Morgan fingerprint density at radius 3 is 2.44 bits per heavy atom. The monoisotopic (exact) mass is 270 g/mol. The highest BCUT2D eigenvalue weighted by molar-refractivity contribution is 14.2. The molecule has 0 aliphatic rings. The second-order valence-electron chi connectivity index (χ2n) is 1.51. The largest absolute Gasteiger partial charge is 0.0831 e. The second-order valence-corrected chi connectivity index (χ2v) is 3.83. The van der Waals surface area contributed by atoms with E-state index in [1.54, 1.807) is 8.93 Å². The van der Waals surface area contributed by atoms with Crippen LogP contribution in [0.5, 0.6) is 0 Å². The highest BCUT2D eigenvalue weighted by Crippen LogP contribution is 2.31. The van der Waals surface area contributed by atoms with E-state index in [-0.39, 0.29) is 0 Å². The van der Waals surface area contributed by atoms with E-state index < -0.39 is 0 Å². The van der Waals surface area contributed by atoms with Crippen molar-refractivity contribution in [2.75, 3.05) is 0 Å². The Labute approximate surface area is 75.6 Å². The first-order valence-electron chi connectivity index (χ1n) is 2.37. The van der Waals surface area contributed by atoms with Gasteiger partial charge in [-0.25, -0.2) is 0 Å². The van der Waals surface area contributed by atoms with Crippen LogP contribution in [-0.4, -0.2) is 0 Å². The molecule has 1 aromatic rings. The summed E-state index contributed by atoms with van der Waals surface area (Å²) in [6.45, 7) is 0. The molecule has 0 fully saturated rings. The first-order valence-corrected chi connectivity index (χ1v) is 6.11. The molecule has 0 N–H and O–H groups in total. The second kappa shape index (κ2) is 3.68. The molecule has 3 heteroatoms. The van der Waals surface area contributed by atoms with Crippen LogP contribution in [0.25, 0.3) is 0 Å². The van der Waals surface area contributed by atoms with Crippen LogP contribution >= 0.6 is 41.7 Å². The van der Waals surface area contributed by atoms with E-state index in [2.05, 4.69) is 21.2 Å². The van der Waals surface area contributed by atoms with Gasteiger partial charge in [0, 0.05) is 26.1 Å². The lowest BCUT2D eigenvalue weighted by Gasteiger charge is -1.94. The topological polar surface area (TPSA) is 0 Å². The standard InChI is InChI=1S/C6H4ClIS/c7-5-3-1-2-4-6(5)9-8/h1-4H. The van der Waals surface area contributed by atoms with Crippen molar-refractivity contribution in [3.63, 3.8) is 0 Å². The van der Waals surface area contributed by atoms with Gasteiger partial charge in [-0.05, 0) is 12.1 Å². The molecule has 0 aliphatic carbocycles. The normalized spacial score (nSPS) is 9.56. The minimum absolute atomic E-state index is 0.830. The smallest absolute Gasteiger partial charge is 0.0549 e. The third kappa shape index (κ3) is 2.02. The summed E-state index contributed by atoms with van der Waals surface area (Å²) in [5.41, 5.74) is 0. The zero-order valence-corrected chi connectivity index (χ0v) is 8.20. The third-order valence-electron chi connectivity index (χ3n) is 0.920. The molecular weight excluding hydrogens is 266 g/mol. The summed E-state index contributed by atoms with van der Waals surface area (Å²) in [5, 5.41) is 0.830. The Bertz CT molecular complexity index is 202. The molecule has 0 bridgehead atoms. The maximum Gasteiger partial charge on any atom is 0.0549 e. The third-order valence-corrected chi connectivity index (χ3v) is 3.31. The lowest BCUT2D eigenvalue weighted by Crippen LogP contribution is -1.66. The lowest BCUT2D eigenvalue weighted by molar-refractivity contribution is 1.48. The molecule has 48 valence electrons. The molecule has 0 saturated heterocycles. The fourth-order valence-corrected chi connectivity index (χ4v) is 2.57. The average molecular weight is 271 g/mol. The van der Waals surface area contributed by atoms with Crippen LogP contribution in [0.1, 0.15) is 0 Å². The van der Waals surface area contributed by atoms with Crippen molar-refractivity contribution < 1.29 is 0 Å². The van der Waals surface area contributed by atoms with Gasteiger partial charge in [0.05, 0.1) is 5.02 Å². The van der Waals surface area contributed by atoms with Crippen LogP contribution in [-0.2, 0) is 0 Å². The molecule has 0 heterocycles. The van der Waals surface area contributed by atoms with Gasteiger partial charge in [0.1, 0.15) is 0 Å². The van der Waals surface area contributed by atoms with Gasteiger partial charge in [-0.1, -0.05) is 32.7 Å². The number of hydrogen-bond acceptors (Lipinski definition) is 1. The molecule has 0 unspecified atom stereocenters. The summed E-state index contributed by atoms with van der Waals surface area (Å²) >= 11 is 8.01. The van der Waals surface area contributed by atoms with E-state index in [1.807, 2.05) is 24.3 Å². The van der Waals surface area contributed by atoms with Crippen molar-refractivity contribution in [3.05, 3.63) is 29.3 Å². The molecular formula is C6H4ClIS. The first kappa shape index (κ1) is 7.69. The quantitative estimate of drug-likeness (QED) is 0.700. The molecule has 1 rings (SSSR count). The molecule has 0 aromatic heterocycles. The number of benzene rings is 1. The summed E-state index contributed by atoms with van der Waals surface area (Å²) in [5.74, 6) is 0. The number of halogens is 2. The lowest BCUT2D eigenvalue weighted by atomic mass is 10.4. The zero-order valence-electron chi connectivity index (χ0n) is 4.47. The molecule has 0 aliphatic heterocycles. The van der Waals surface area contributed by atoms with Crippen molar-refractivity contribution in [2.24, 2.45) is 0 Å². The molecule has 0 saturated carbocycles. The predicted molar refractivity (Wildman–Crippen MR) is 51.3 cm³/mol. The molecule has 9 heavy (non-hydrogen) atoms. The molecule has 0 amide bonds. The van der Waals surface area contributed by atoms with Crippen LogP contribution in [0.2, 0.25) is 5.02 Å². The van der Waals surface area contributed by atoms with Crippen molar-refractivity contribution in [2.45, 2.75) is 4.90 Å². The first-order chi connectivity index (χ1) is 4.34. The Morgan fingerprint density at radius 1 is 1.33 bits per heavy atom. The number of hydrogen-bond donors (Lipinski definition) is 0. The highest BCUT2D eigenvalue weighted by atomic mass is 127. The van der Waals surface area contributed by atoms with E-state index in [1.165, 1.54) is 0 Å². The Hall–Kier alpha value is 0.590. The minimum atomic E-state index is 0.830. The Balaban J connectivity index is 3.01. The van der Waals surface area contributed by atoms with Crippen molar-refractivity contribution >= 4 is 41.7 Å². The zero-order chi connectivity index (χ0) is 6.69. The minimum Gasteiger partial charge on any atom is -0.0831 e. The van der Waals surface area contributed by atoms with Crippen LogP contribution in [0, 0.1) is 0 Å². The SMILES string of the molecule is Clc1ccccc1SI. The van der Waals surface area contributed by atoms with E-state index in [4.69, 9.17) is 11.6 Å². The van der Waals surface area contributed by atoms with Crippen LogP contribution in [0.4, 0.5) is 0 Å². The van der Waals surface area contributed by atoms with Crippen LogP contribution < -0.4 is 0 Å². The van der Waals surface area contributed by atoms with Crippen molar-refractivity contribution in [1.82, 2.24) is 0 Å². The van der Waals surface area contributed by atoms with Gasteiger partial charge in [0.25, 0.3) is 0 Å². The van der Waals surface area contributed by atoms with E-state index in [9.17, 15) is 0 Å². The molecule has 0 spiro atoms. The summed E-state index contributed by atoms with van der Waals surface area (Å²) in [4.78, 5) is 1.12. The maximum absolute atomic E-state index is 5.80. The molecule has 0 nitrogen and oxygen atoms in total. The van der Waals surface area contributed by atoms with Crippen molar-refractivity contribution in [1.29, 1.82) is 0 Å². The summed E-state index contributed by atoms with van der Waals surface area (Å²) < 4.78 is 0. The van der Waals surface area contributed by atoms with Gasteiger partial charge >= 0.3 is 0 Å². The highest BCUT2D eigenvalue weighted by Gasteiger charge is 1.93. The van der Waals surface area contributed by atoms with E-state index in [0.29, 0.717) is 0 Å². The Kier molecular flexibility index (Phi) is 3.15. The van der Waals surface area contributed by atoms with Crippen LogP contribution in [0.3, 0.4) is 0 Å². The Morgan fingerprint density at radius 2 is 2.00 bits per heavy atom. The van der Waals surface area contributed by atoms with Gasteiger partial charge in [-0.3, -0.25) is 0 Å². The summed E-state index contributed by atoms with van der Waals surface area (Å²) in [6.07, 6.45) is 0. The van der Waals surface area contributed by atoms with Gasteiger partial charge in [-0.15, -0.1) is 0 Å². The van der Waals surface area contributed by atoms with Gasteiger partial charge < -0.3 is 0 Å². The summed E-state index contributed by atoms with van der Waals surface area (Å²) in [6, 6.07) is 7.80. The molecule has 0 radical (unpaired) electrons. The maximum atomic E-state index is 5.80. The van der Waals surface area contributed by atoms with E-state index >= 15 is 0 Å². The average Bonchev–Trinajstić information content (AvgIpc) is 1.89. The van der Waals surface area contributed by atoms with E-state index in [0.717, 1.165) is 9.92 Å². The molecule has 0 atom stereocenters. The number of rotatable bonds is 1. The molecule has 1 aromatic carbocycles. The van der Waals surface area contributed by atoms with Gasteiger partial charge in [0.2, 0.25) is 0 Å². The predicted octanol–water partition coefficient (Wildman–Crippen LogP) is 3.78. The van der Waals surface area contributed by atoms with Gasteiger partial charge in [-0.2, -0.15) is 0 Å². The summed E-state index contributed by atoms with van der Waals surface area (Å²) in [7, 11) is 1.63. The van der Waals surface area contributed by atoms with Crippen LogP contribution in [0.15, 0.2) is 29.2 Å².